The molecule has 0 fully saturated rings. The number of amides is 3. The molecule has 0 aliphatic heterocycles. The standard InChI is InChI=1S/C17H16ClN3O3/c18-13-5-1-11(2-6-13)9-10-20-16(23)17(24)21-14-7-3-12(4-8-14)15(19)22/h1-8H,9-10H2,(H2,19,22)(H,20,23)(H,21,24). The van der Waals surface area contributed by atoms with Crippen LogP contribution < -0.4 is 16.4 Å². The van der Waals surface area contributed by atoms with Crippen LogP contribution in [0.4, 0.5) is 5.69 Å². The molecule has 0 heterocycles. The van der Waals surface area contributed by atoms with E-state index in [0.717, 1.165) is 5.56 Å². The van der Waals surface area contributed by atoms with Crippen LogP contribution in [0.15, 0.2) is 48.5 Å². The Bertz CT molecular complexity index is 743. The van der Waals surface area contributed by atoms with E-state index in [4.69, 9.17) is 17.3 Å². The number of halogens is 1. The number of carbonyl (C=O) groups is 3. The fraction of sp³-hybridized carbons (Fsp3) is 0.118. The Labute approximate surface area is 144 Å². The molecule has 2 aromatic rings. The smallest absolute Gasteiger partial charge is 0.313 e. The van der Waals surface area contributed by atoms with Crippen molar-refractivity contribution in [3.8, 4) is 0 Å². The predicted octanol–water partition coefficient (Wildman–Crippen LogP) is 1.74. The van der Waals surface area contributed by atoms with E-state index >= 15 is 0 Å². The van der Waals surface area contributed by atoms with Crippen molar-refractivity contribution >= 4 is 35.0 Å². The van der Waals surface area contributed by atoms with Gasteiger partial charge >= 0.3 is 11.8 Å². The van der Waals surface area contributed by atoms with Crippen molar-refractivity contribution in [3.63, 3.8) is 0 Å². The van der Waals surface area contributed by atoms with Crippen molar-refractivity contribution in [2.75, 3.05) is 11.9 Å². The third-order valence-electron chi connectivity index (χ3n) is 3.25. The number of nitrogens with two attached hydrogens (primary N) is 1. The minimum atomic E-state index is -0.780. The van der Waals surface area contributed by atoms with E-state index in [1.807, 2.05) is 12.1 Å². The van der Waals surface area contributed by atoms with E-state index in [1.54, 1.807) is 12.1 Å². The summed E-state index contributed by atoms with van der Waals surface area (Å²) >= 11 is 5.79. The van der Waals surface area contributed by atoms with Gasteiger partial charge in [-0.15, -0.1) is 0 Å². The van der Waals surface area contributed by atoms with E-state index in [1.165, 1.54) is 24.3 Å². The minimum absolute atomic E-state index is 0.320. The summed E-state index contributed by atoms with van der Waals surface area (Å²) in [6, 6.07) is 13.2. The van der Waals surface area contributed by atoms with Crippen LogP contribution in [0.1, 0.15) is 15.9 Å². The van der Waals surface area contributed by atoms with Crippen molar-refractivity contribution in [1.82, 2.24) is 5.32 Å². The highest BCUT2D eigenvalue weighted by atomic mass is 35.5. The zero-order valence-electron chi connectivity index (χ0n) is 12.7. The molecule has 0 spiro atoms. The van der Waals surface area contributed by atoms with Crippen LogP contribution >= 0.6 is 11.6 Å². The molecular weight excluding hydrogens is 330 g/mol. The minimum Gasteiger partial charge on any atom is -0.366 e. The van der Waals surface area contributed by atoms with Crippen LogP contribution in [0, 0.1) is 0 Å². The lowest BCUT2D eigenvalue weighted by Gasteiger charge is -2.07. The average molecular weight is 346 g/mol. The third kappa shape index (κ3) is 5.10. The largest absolute Gasteiger partial charge is 0.366 e. The zero-order chi connectivity index (χ0) is 17.5. The van der Waals surface area contributed by atoms with Gasteiger partial charge in [0.2, 0.25) is 5.91 Å². The summed E-state index contributed by atoms with van der Waals surface area (Å²) in [5, 5.41) is 5.62. The maximum absolute atomic E-state index is 11.8. The van der Waals surface area contributed by atoms with E-state index in [2.05, 4.69) is 10.6 Å². The summed E-state index contributed by atoms with van der Waals surface area (Å²) in [5.74, 6) is -2.08. The Hall–Kier alpha value is -2.86. The van der Waals surface area contributed by atoms with Gasteiger partial charge in [-0.3, -0.25) is 14.4 Å². The first-order chi connectivity index (χ1) is 11.5. The lowest BCUT2D eigenvalue weighted by molar-refractivity contribution is -0.136. The highest BCUT2D eigenvalue weighted by molar-refractivity contribution is 6.39. The maximum atomic E-state index is 11.8. The first kappa shape index (κ1) is 17.5. The first-order valence-electron chi connectivity index (χ1n) is 7.19. The lowest BCUT2D eigenvalue weighted by atomic mass is 10.1. The van der Waals surface area contributed by atoms with Crippen molar-refractivity contribution < 1.29 is 14.4 Å². The van der Waals surface area contributed by atoms with E-state index < -0.39 is 17.7 Å². The van der Waals surface area contributed by atoms with E-state index in [-0.39, 0.29) is 0 Å². The summed E-state index contributed by atoms with van der Waals surface area (Å²) in [6.07, 6.45) is 0.587. The predicted molar refractivity (Wildman–Crippen MR) is 91.8 cm³/mol. The SMILES string of the molecule is NC(=O)c1ccc(NC(=O)C(=O)NCCc2ccc(Cl)cc2)cc1. The number of benzene rings is 2. The molecule has 3 amide bonds. The molecule has 0 unspecified atom stereocenters. The van der Waals surface area contributed by atoms with Crippen LogP contribution in [-0.4, -0.2) is 24.3 Å². The van der Waals surface area contributed by atoms with Crippen molar-refractivity contribution in [2.24, 2.45) is 5.73 Å². The molecule has 7 heteroatoms. The molecule has 0 aliphatic carbocycles. The molecule has 0 saturated carbocycles. The molecule has 0 aromatic heterocycles. The van der Waals surface area contributed by atoms with Gasteiger partial charge in [0.05, 0.1) is 0 Å². The quantitative estimate of drug-likeness (QED) is 0.719. The Morgan fingerprint density at radius 2 is 1.54 bits per heavy atom. The monoisotopic (exact) mass is 345 g/mol. The molecular formula is C17H16ClN3O3. The van der Waals surface area contributed by atoms with Gasteiger partial charge in [0, 0.05) is 22.8 Å². The van der Waals surface area contributed by atoms with E-state index in [9.17, 15) is 14.4 Å². The van der Waals surface area contributed by atoms with Gasteiger partial charge in [0.1, 0.15) is 0 Å². The summed E-state index contributed by atoms with van der Waals surface area (Å²) in [7, 11) is 0. The number of carbonyl (C=O) groups excluding carboxylic acids is 3. The molecule has 24 heavy (non-hydrogen) atoms. The molecule has 0 atom stereocenters. The summed E-state index contributed by atoms with van der Waals surface area (Å²) in [6.45, 7) is 0.328. The molecule has 0 radical (unpaired) electrons. The number of anilines is 1. The Balaban J connectivity index is 1.80. The molecule has 4 N–H and O–H groups in total. The van der Waals surface area contributed by atoms with Crippen LogP contribution in [0.5, 0.6) is 0 Å². The highest BCUT2D eigenvalue weighted by Gasteiger charge is 2.13. The van der Waals surface area contributed by atoms with Crippen molar-refractivity contribution in [3.05, 3.63) is 64.7 Å². The Morgan fingerprint density at radius 3 is 2.12 bits per heavy atom. The van der Waals surface area contributed by atoms with E-state index in [0.29, 0.717) is 29.2 Å². The molecule has 2 aromatic carbocycles. The van der Waals surface area contributed by atoms with Gasteiger partial charge in [-0.1, -0.05) is 23.7 Å². The average Bonchev–Trinajstić information content (AvgIpc) is 2.57. The van der Waals surface area contributed by atoms with Crippen LogP contribution in [-0.2, 0) is 16.0 Å². The van der Waals surface area contributed by atoms with Gasteiger partial charge in [-0.25, -0.2) is 0 Å². The molecule has 2 rings (SSSR count). The number of primary amides is 1. The molecule has 0 aliphatic rings. The van der Waals surface area contributed by atoms with Crippen LogP contribution in [0.3, 0.4) is 0 Å². The Kier molecular flexibility index (Phi) is 5.92. The maximum Gasteiger partial charge on any atom is 0.313 e. The fourth-order valence-electron chi connectivity index (χ4n) is 1.96. The normalized spacial score (nSPS) is 10.0. The Morgan fingerprint density at radius 1 is 0.917 bits per heavy atom. The number of hydrogen-bond donors (Lipinski definition) is 3. The lowest BCUT2D eigenvalue weighted by Crippen LogP contribution is -2.36. The third-order valence-corrected chi connectivity index (χ3v) is 3.50. The topological polar surface area (TPSA) is 101 Å². The molecule has 6 nitrogen and oxygen atoms in total. The second-order valence-electron chi connectivity index (χ2n) is 5.03. The molecule has 0 bridgehead atoms. The number of hydrogen-bond acceptors (Lipinski definition) is 3. The van der Waals surface area contributed by atoms with Gasteiger partial charge in [-0.05, 0) is 48.4 Å². The first-order valence-corrected chi connectivity index (χ1v) is 7.57. The molecule has 0 saturated heterocycles. The number of nitrogens with one attached hydrogen (secondary N) is 2. The second kappa shape index (κ2) is 8.12. The highest BCUT2D eigenvalue weighted by Crippen LogP contribution is 2.10. The summed E-state index contributed by atoms with van der Waals surface area (Å²) < 4.78 is 0. The van der Waals surface area contributed by atoms with Gasteiger partial charge in [-0.2, -0.15) is 0 Å². The van der Waals surface area contributed by atoms with Gasteiger partial charge in [0.25, 0.3) is 0 Å². The van der Waals surface area contributed by atoms with Gasteiger partial charge < -0.3 is 16.4 Å². The zero-order valence-corrected chi connectivity index (χ0v) is 13.5. The van der Waals surface area contributed by atoms with Gasteiger partial charge in [0.15, 0.2) is 0 Å². The van der Waals surface area contributed by atoms with Crippen molar-refractivity contribution in [2.45, 2.75) is 6.42 Å². The number of rotatable bonds is 5. The summed E-state index contributed by atoms with van der Waals surface area (Å²) in [5.41, 5.74) is 6.85. The second-order valence-corrected chi connectivity index (χ2v) is 5.46. The summed E-state index contributed by atoms with van der Waals surface area (Å²) in [4.78, 5) is 34.5. The van der Waals surface area contributed by atoms with Crippen LogP contribution in [0.2, 0.25) is 5.02 Å². The van der Waals surface area contributed by atoms with Crippen LogP contribution in [0.25, 0.3) is 0 Å². The fourth-order valence-corrected chi connectivity index (χ4v) is 2.08. The molecule has 124 valence electrons. The van der Waals surface area contributed by atoms with Crippen molar-refractivity contribution in [1.29, 1.82) is 0 Å².